The summed E-state index contributed by atoms with van der Waals surface area (Å²) in [6.45, 7) is 4.86. The van der Waals surface area contributed by atoms with Gasteiger partial charge in [0, 0.05) is 33.2 Å². The molecule has 1 aliphatic heterocycles. The molecule has 82 valence electrons. The smallest absolute Gasteiger partial charge is 0.319 e. The zero-order valence-electron chi connectivity index (χ0n) is 9.42. The largest absolute Gasteiger partial charge is 0.331 e. The molecule has 1 aliphatic rings. The van der Waals surface area contributed by atoms with E-state index in [1.165, 1.54) is 6.42 Å². The lowest BCUT2D eigenvalue weighted by Gasteiger charge is -2.35. The van der Waals surface area contributed by atoms with Gasteiger partial charge in [-0.15, -0.1) is 0 Å². The first-order valence-corrected chi connectivity index (χ1v) is 5.35. The fourth-order valence-corrected chi connectivity index (χ4v) is 1.91. The molecule has 1 N–H and O–H groups in total. The van der Waals surface area contributed by atoms with Gasteiger partial charge in [-0.3, -0.25) is 0 Å². The summed E-state index contributed by atoms with van der Waals surface area (Å²) in [5.41, 5.74) is 0. The van der Waals surface area contributed by atoms with Crippen molar-refractivity contribution in [3.63, 3.8) is 0 Å². The van der Waals surface area contributed by atoms with Crippen LogP contribution in [0.15, 0.2) is 0 Å². The Bertz CT molecular complexity index is 188. The van der Waals surface area contributed by atoms with E-state index in [1.54, 1.807) is 19.0 Å². The lowest BCUT2D eigenvalue weighted by molar-refractivity contribution is 0.141. The van der Waals surface area contributed by atoms with Crippen LogP contribution in [0.1, 0.15) is 19.8 Å². The fraction of sp³-hybridized carbons (Fsp3) is 0.900. The Morgan fingerprint density at radius 2 is 2.21 bits per heavy atom. The zero-order valence-corrected chi connectivity index (χ0v) is 9.42. The summed E-state index contributed by atoms with van der Waals surface area (Å²) in [6, 6.07) is 0.504. The number of nitrogens with zero attached hydrogens (tertiary/aromatic N) is 2. The molecular formula is C10H21N3O. The summed E-state index contributed by atoms with van der Waals surface area (Å²) in [6.07, 6.45) is 2.29. The molecule has 0 saturated carbocycles. The van der Waals surface area contributed by atoms with Crippen LogP contribution in [0.25, 0.3) is 0 Å². The van der Waals surface area contributed by atoms with Gasteiger partial charge in [0.25, 0.3) is 0 Å². The van der Waals surface area contributed by atoms with Crippen LogP contribution in [-0.4, -0.2) is 55.6 Å². The van der Waals surface area contributed by atoms with Crippen LogP contribution in [0.4, 0.5) is 4.79 Å². The van der Waals surface area contributed by atoms with Gasteiger partial charge in [-0.25, -0.2) is 4.79 Å². The Balaban J connectivity index is 2.55. The molecule has 1 unspecified atom stereocenters. The van der Waals surface area contributed by atoms with Crippen molar-refractivity contribution >= 4 is 6.03 Å². The molecule has 2 amide bonds. The topological polar surface area (TPSA) is 35.6 Å². The molecule has 0 bridgehead atoms. The maximum Gasteiger partial charge on any atom is 0.319 e. The summed E-state index contributed by atoms with van der Waals surface area (Å²) in [5.74, 6) is 0. The van der Waals surface area contributed by atoms with Crippen molar-refractivity contribution in [1.82, 2.24) is 15.1 Å². The first kappa shape index (κ1) is 11.3. The van der Waals surface area contributed by atoms with Crippen molar-refractivity contribution in [2.75, 3.05) is 33.7 Å². The fourth-order valence-electron chi connectivity index (χ4n) is 1.91. The highest BCUT2D eigenvalue weighted by atomic mass is 16.2. The normalized spacial score (nSPS) is 21.8. The summed E-state index contributed by atoms with van der Waals surface area (Å²) in [5, 5.41) is 3.33. The Kier molecular flexibility index (Phi) is 4.20. The number of carbonyl (C=O) groups is 1. The number of urea groups is 1. The highest BCUT2D eigenvalue weighted by Crippen LogP contribution is 2.11. The van der Waals surface area contributed by atoms with E-state index in [-0.39, 0.29) is 6.03 Å². The standard InChI is InChI=1S/C10H21N3O/c1-4-13(10(14)12(2)3)9-6-5-7-11-8-9/h9,11H,4-8H2,1-3H3. The number of hydrogen-bond acceptors (Lipinski definition) is 2. The number of hydrogen-bond donors (Lipinski definition) is 1. The minimum atomic E-state index is 0.126. The van der Waals surface area contributed by atoms with Crippen molar-refractivity contribution < 1.29 is 4.79 Å². The summed E-state index contributed by atoms with van der Waals surface area (Å²) >= 11 is 0. The molecule has 1 fully saturated rings. The van der Waals surface area contributed by atoms with Gasteiger partial charge in [0.05, 0.1) is 0 Å². The Hall–Kier alpha value is -0.770. The van der Waals surface area contributed by atoms with E-state index in [2.05, 4.69) is 5.32 Å². The number of carbonyl (C=O) groups excluding carboxylic acids is 1. The van der Waals surface area contributed by atoms with Crippen LogP contribution in [0.3, 0.4) is 0 Å². The molecule has 0 aromatic rings. The molecule has 0 radical (unpaired) electrons. The van der Waals surface area contributed by atoms with Gasteiger partial charge in [0.1, 0.15) is 0 Å². The minimum Gasteiger partial charge on any atom is -0.331 e. The average Bonchev–Trinajstić information content (AvgIpc) is 2.20. The Morgan fingerprint density at radius 3 is 2.64 bits per heavy atom. The van der Waals surface area contributed by atoms with Gasteiger partial charge in [-0.05, 0) is 26.3 Å². The maximum absolute atomic E-state index is 11.8. The first-order chi connectivity index (χ1) is 6.66. The van der Waals surface area contributed by atoms with Crippen molar-refractivity contribution in [3.8, 4) is 0 Å². The van der Waals surface area contributed by atoms with Crippen LogP contribution < -0.4 is 5.32 Å². The van der Waals surface area contributed by atoms with Crippen LogP contribution in [0.2, 0.25) is 0 Å². The van der Waals surface area contributed by atoms with Crippen molar-refractivity contribution in [3.05, 3.63) is 0 Å². The molecule has 14 heavy (non-hydrogen) atoms. The molecule has 1 rings (SSSR count). The van der Waals surface area contributed by atoms with Gasteiger partial charge in [0.2, 0.25) is 0 Å². The lowest BCUT2D eigenvalue weighted by atomic mass is 10.1. The molecule has 1 heterocycles. The summed E-state index contributed by atoms with van der Waals surface area (Å²) in [7, 11) is 3.61. The van der Waals surface area contributed by atoms with E-state index in [4.69, 9.17) is 0 Å². The van der Waals surface area contributed by atoms with E-state index in [0.717, 1.165) is 26.1 Å². The van der Waals surface area contributed by atoms with Crippen LogP contribution in [0, 0.1) is 0 Å². The second kappa shape index (κ2) is 5.20. The van der Waals surface area contributed by atoms with Gasteiger partial charge in [-0.1, -0.05) is 0 Å². The first-order valence-electron chi connectivity index (χ1n) is 5.35. The minimum absolute atomic E-state index is 0.126. The highest BCUT2D eigenvalue weighted by molar-refractivity contribution is 5.74. The molecule has 0 aliphatic carbocycles. The van der Waals surface area contributed by atoms with Crippen molar-refractivity contribution in [2.45, 2.75) is 25.8 Å². The average molecular weight is 199 g/mol. The van der Waals surface area contributed by atoms with Gasteiger partial charge in [0.15, 0.2) is 0 Å². The zero-order chi connectivity index (χ0) is 10.6. The van der Waals surface area contributed by atoms with E-state index in [9.17, 15) is 4.79 Å². The highest BCUT2D eigenvalue weighted by Gasteiger charge is 2.24. The third-order valence-electron chi connectivity index (χ3n) is 2.68. The van der Waals surface area contributed by atoms with E-state index >= 15 is 0 Å². The SMILES string of the molecule is CCN(C(=O)N(C)C)C1CCCNC1. The quantitative estimate of drug-likeness (QED) is 0.712. The van der Waals surface area contributed by atoms with Crippen molar-refractivity contribution in [2.24, 2.45) is 0 Å². The van der Waals surface area contributed by atoms with E-state index < -0.39 is 0 Å². The number of likely N-dealkylation sites (N-methyl/N-ethyl adjacent to an activating group) is 1. The molecule has 0 aromatic carbocycles. The van der Waals surface area contributed by atoms with Crippen LogP contribution >= 0.6 is 0 Å². The van der Waals surface area contributed by atoms with Gasteiger partial charge in [-0.2, -0.15) is 0 Å². The molecule has 1 atom stereocenters. The van der Waals surface area contributed by atoms with Crippen molar-refractivity contribution in [1.29, 1.82) is 0 Å². The van der Waals surface area contributed by atoms with Gasteiger partial charge < -0.3 is 15.1 Å². The molecular weight excluding hydrogens is 178 g/mol. The summed E-state index contributed by atoms with van der Waals surface area (Å²) < 4.78 is 0. The number of nitrogens with one attached hydrogen (secondary N) is 1. The molecule has 4 heteroatoms. The second-order valence-electron chi connectivity index (χ2n) is 3.96. The third-order valence-corrected chi connectivity index (χ3v) is 2.68. The monoisotopic (exact) mass is 199 g/mol. The van der Waals surface area contributed by atoms with E-state index in [1.807, 2.05) is 11.8 Å². The maximum atomic E-state index is 11.8. The molecule has 4 nitrogen and oxygen atoms in total. The predicted octanol–water partition coefficient (Wildman–Crippen LogP) is 0.742. The molecule has 1 saturated heterocycles. The molecule has 0 aromatic heterocycles. The summed E-state index contributed by atoms with van der Waals surface area (Å²) in [4.78, 5) is 15.4. The second-order valence-corrected chi connectivity index (χ2v) is 3.96. The number of rotatable bonds is 2. The van der Waals surface area contributed by atoms with Crippen LogP contribution in [-0.2, 0) is 0 Å². The third kappa shape index (κ3) is 2.61. The number of amides is 2. The Morgan fingerprint density at radius 1 is 1.50 bits per heavy atom. The Labute approximate surface area is 86.2 Å². The number of piperidine rings is 1. The predicted molar refractivity (Wildman–Crippen MR) is 57.4 cm³/mol. The lowest BCUT2D eigenvalue weighted by Crippen LogP contribution is -2.51. The molecule has 0 spiro atoms. The van der Waals surface area contributed by atoms with Crippen LogP contribution in [0.5, 0.6) is 0 Å². The van der Waals surface area contributed by atoms with E-state index in [0.29, 0.717) is 6.04 Å². The van der Waals surface area contributed by atoms with Gasteiger partial charge >= 0.3 is 6.03 Å².